The number of hydrogen-bond acceptors (Lipinski definition) is 8. The molecule has 1 aliphatic heterocycles. The van der Waals surface area contributed by atoms with E-state index >= 15 is 0 Å². The minimum atomic E-state index is 0.515. The molecule has 0 saturated carbocycles. The predicted molar refractivity (Wildman–Crippen MR) is 156 cm³/mol. The Balaban J connectivity index is 1.31. The topological polar surface area (TPSA) is 59.5 Å². The lowest BCUT2D eigenvalue weighted by Crippen LogP contribution is -2.38. The first-order valence-electron chi connectivity index (χ1n) is 13.7. The number of benzene rings is 2. The first-order chi connectivity index (χ1) is 19.1. The Morgan fingerprint density at radius 2 is 1.59 bits per heavy atom. The van der Waals surface area contributed by atoms with Crippen molar-refractivity contribution in [1.82, 2.24) is 9.88 Å². The van der Waals surface area contributed by atoms with Gasteiger partial charge in [0.15, 0.2) is 0 Å². The number of aromatic nitrogens is 1. The van der Waals surface area contributed by atoms with Gasteiger partial charge in [-0.15, -0.1) is 0 Å². The van der Waals surface area contributed by atoms with Gasteiger partial charge in [0.1, 0.15) is 11.6 Å². The molecule has 210 valence electrons. The maximum atomic E-state index is 5.83. The van der Waals surface area contributed by atoms with Gasteiger partial charge in [0.2, 0.25) is 0 Å². The van der Waals surface area contributed by atoms with Crippen molar-refractivity contribution in [3.63, 3.8) is 0 Å². The van der Waals surface area contributed by atoms with Crippen LogP contribution in [-0.4, -0.2) is 83.8 Å². The Labute approximate surface area is 233 Å². The third kappa shape index (κ3) is 9.51. The van der Waals surface area contributed by atoms with Gasteiger partial charge in [-0.05, 0) is 47.0 Å². The van der Waals surface area contributed by atoms with Crippen molar-refractivity contribution < 1.29 is 18.9 Å². The monoisotopic (exact) mass is 534 g/mol. The Hall–Kier alpha value is -3.17. The lowest BCUT2D eigenvalue weighted by molar-refractivity contribution is 0.00583. The number of rotatable bonds is 15. The van der Waals surface area contributed by atoms with Gasteiger partial charge in [-0.25, -0.2) is 4.98 Å². The first kappa shape index (κ1) is 28.8. The van der Waals surface area contributed by atoms with Gasteiger partial charge in [0.05, 0.1) is 46.8 Å². The fourth-order valence-electron chi connectivity index (χ4n) is 4.48. The summed E-state index contributed by atoms with van der Waals surface area (Å²) >= 11 is 0. The molecule has 0 spiro atoms. The van der Waals surface area contributed by atoms with Crippen molar-refractivity contribution in [2.45, 2.75) is 19.7 Å². The highest BCUT2D eigenvalue weighted by molar-refractivity contribution is 5.49. The number of methoxy groups -OCH3 is 1. The molecule has 0 aliphatic carbocycles. The zero-order chi connectivity index (χ0) is 27.3. The molecule has 0 atom stereocenters. The van der Waals surface area contributed by atoms with Crippen LogP contribution < -0.4 is 14.5 Å². The standard InChI is InChI=1S/C31H42N4O4/c1-33(2)29-8-4-6-26(20-29)23-35(24-27-7-5-9-30(21-27)36-3)31-11-10-28(22-32-31)25-39-19-18-38-17-14-34-12-15-37-16-13-34/h4-11,20-22H,12-19,23-25H2,1-3H3. The van der Waals surface area contributed by atoms with Crippen molar-refractivity contribution in [2.75, 3.05) is 83.7 Å². The maximum Gasteiger partial charge on any atom is 0.129 e. The van der Waals surface area contributed by atoms with E-state index in [2.05, 4.69) is 77.3 Å². The molecule has 2 aromatic carbocycles. The number of pyridine rings is 1. The molecular formula is C31H42N4O4. The summed E-state index contributed by atoms with van der Waals surface area (Å²) in [7, 11) is 5.82. The van der Waals surface area contributed by atoms with Crippen LogP contribution >= 0.6 is 0 Å². The summed E-state index contributed by atoms with van der Waals surface area (Å²) in [6.07, 6.45) is 1.91. The average molecular weight is 535 g/mol. The van der Waals surface area contributed by atoms with Gasteiger partial charge in [-0.2, -0.15) is 0 Å². The highest BCUT2D eigenvalue weighted by Crippen LogP contribution is 2.23. The average Bonchev–Trinajstić information content (AvgIpc) is 2.97. The highest BCUT2D eigenvalue weighted by Gasteiger charge is 2.12. The lowest BCUT2D eigenvalue weighted by atomic mass is 10.1. The van der Waals surface area contributed by atoms with Crippen LogP contribution in [0.15, 0.2) is 66.9 Å². The van der Waals surface area contributed by atoms with Gasteiger partial charge < -0.3 is 28.7 Å². The maximum absolute atomic E-state index is 5.83. The fraction of sp³-hybridized carbons (Fsp3) is 0.452. The smallest absolute Gasteiger partial charge is 0.129 e. The Morgan fingerprint density at radius 1 is 0.846 bits per heavy atom. The van der Waals surface area contributed by atoms with E-state index in [1.807, 2.05) is 18.3 Å². The van der Waals surface area contributed by atoms with Crippen molar-refractivity contribution in [3.05, 3.63) is 83.6 Å². The summed E-state index contributed by atoms with van der Waals surface area (Å²) in [6, 6.07) is 21.0. The van der Waals surface area contributed by atoms with Gasteiger partial charge in [-0.3, -0.25) is 4.90 Å². The van der Waals surface area contributed by atoms with Crippen LogP contribution in [-0.2, 0) is 33.9 Å². The van der Waals surface area contributed by atoms with Crippen LogP contribution in [0, 0.1) is 0 Å². The number of morpholine rings is 1. The molecule has 0 amide bonds. The van der Waals surface area contributed by atoms with Crippen LogP contribution in [0.2, 0.25) is 0 Å². The molecule has 8 nitrogen and oxygen atoms in total. The second-order valence-corrected chi connectivity index (χ2v) is 9.92. The van der Waals surface area contributed by atoms with Crippen molar-refractivity contribution in [2.24, 2.45) is 0 Å². The van der Waals surface area contributed by atoms with Gasteiger partial charge >= 0.3 is 0 Å². The van der Waals surface area contributed by atoms with E-state index in [0.29, 0.717) is 26.4 Å². The first-order valence-corrected chi connectivity index (χ1v) is 13.7. The molecule has 4 rings (SSSR count). The summed E-state index contributed by atoms with van der Waals surface area (Å²) in [5.41, 5.74) is 4.62. The fourth-order valence-corrected chi connectivity index (χ4v) is 4.48. The van der Waals surface area contributed by atoms with E-state index in [1.54, 1.807) is 7.11 Å². The molecule has 1 aliphatic rings. The third-order valence-electron chi connectivity index (χ3n) is 6.74. The quantitative estimate of drug-likeness (QED) is 0.269. The van der Waals surface area contributed by atoms with E-state index < -0.39 is 0 Å². The van der Waals surface area contributed by atoms with E-state index in [4.69, 9.17) is 23.9 Å². The number of nitrogens with zero attached hydrogens (tertiary/aromatic N) is 4. The molecule has 0 N–H and O–H groups in total. The minimum Gasteiger partial charge on any atom is -0.497 e. The van der Waals surface area contributed by atoms with Crippen LogP contribution in [0.5, 0.6) is 5.75 Å². The van der Waals surface area contributed by atoms with Crippen LogP contribution in [0.25, 0.3) is 0 Å². The van der Waals surface area contributed by atoms with Crippen molar-refractivity contribution in [1.29, 1.82) is 0 Å². The van der Waals surface area contributed by atoms with E-state index in [9.17, 15) is 0 Å². The number of anilines is 2. The zero-order valence-electron chi connectivity index (χ0n) is 23.6. The summed E-state index contributed by atoms with van der Waals surface area (Å²) in [5, 5.41) is 0. The molecular weight excluding hydrogens is 492 g/mol. The number of hydrogen-bond donors (Lipinski definition) is 0. The molecule has 0 radical (unpaired) electrons. The number of ether oxygens (including phenoxy) is 4. The Kier molecular flexibility index (Phi) is 11.4. The Morgan fingerprint density at radius 3 is 2.31 bits per heavy atom. The summed E-state index contributed by atoms with van der Waals surface area (Å²) in [5.74, 6) is 1.77. The van der Waals surface area contributed by atoms with E-state index in [1.165, 1.54) is 16.8 Å². The van der Waals surface area contributed by atoms with Gasteiger partial charge in [0.25, 0.3) is 0 Å². The molecule has 2 heterocycles. The largest absolute Gasteiger partial charge is 0.497 e. The minimum absolute atomic E-state index is 0.515. The highest BCUT2D eigenvalue weighted by atomic mass is 16.5. The van der Waals surface area contributed by atoms with E-state index in [-0.39, 0.29) is 0 Å². The van der Waals surface area contributed by atoms with Gasteiger partial charge in [0, 0.05) is 58.7 Å². The summed E-state index contributed by atoms with van der Waals surface area (Å²) in [6.45, 7) is 8.41. The molecule has 1 aromatic heterocycles. The molecule has 39 heavy (non-hydrogen) atoms. The predicted octanol–water partition coefficient (Wildman–Crippen LogP) is 4.23. The molecule has 1 fully saturated rings. The SMILES string of the molecule is COc1cccc(CN(Cc2cccc(N(C)C)c2)c2ccc(COCCOCCN3CCOCC3)cn2)c1. The third-order valence-corrected chi connectivity index (χ3v) is 6.74. The normalized spacial score (nSPS) is 13.8. The summed E-state index contributed by atoms with van der Waals surface area (Å²) < 4.78 is 22.4. The van der Waals surface area contributed by atoms with Crippen molar-refractivity contribution in [3.8, 4) is 5.75 Å². The lowest BCUT2D eigenvalue weighted by Gasteiger charge is -2.26. The second-order valence-electron chi connectivity index (χ2n) is 9.92. The molecule has 1 saturated heterocycles. The van der Waals surface area contributed by atoms with Crippen LogP contribution in [0.3, 0.4) is 0 Å². The van der Waals surface area contributed by atoms with E-state index in [0.717, 1.165) is 63.1 Å². The van der Waals surface area contributed by atoms with Crippen LogP contribution in [0.1, 0.15) is 16.7 Å². The summed E-state index contributed by atoms with van der Waals surface area (Å²) in [4.78, 5) is 11.6. The zero-order valence-corrected chi connectivity index (χ0v) is 23.6. The van der Waals surface area contributed by atoms with Crippen LogP contribution in [0.4, 0.5) is 11.5 Å². The molecule has 0 bridgehead atoms. The van der Waals surface area contributed by atoms with Gasteiger partial charge in [-0.1, -0.05) is 30.3 Å². The second kappa shape index (κ2) is 15.4. The molecule has 0 unspecified atom stereocenters. The van der Waals surface area contributed by atoms with Crippen molar-refractivity contribution >= 4 is 11.5 Å². The molecule has 3 aromatic rings. The molecule has 8 heteroatoms. The Bertz CT molecular complexity index is 1120.